The lowest BCUT2D eigenvalue weighted by atomic mass is 10.1. The van der Waals surface area contributed by atoms with Crippen molar-refractivity contribution < 1.29 is 17.3 Å². The van der Waals surface area contributed by atoms with Crippen molar-refractivity contribution in [2.45, 2.75) is 24.8 Å². The normalized spacial score (nSPS) is 12.8. The van der Waals surface area contributed by atoms with E-state index in [-0.39, 0.29) is 11.5 Å². The largest absolute Gasteiger partial charge is 0.491 e. The number of fused-ring (bicyclic) bond motifs is 2. The van der Waals surface area contributed by atoms with E-state index in [1.165, 1.54) is 0 Å². The number of aromatic nitrogens is 2. The lowest BCUT2D eigenvalue weighted by Gasteiger charge is -2.15. The fourth-order valence-corrected chi connectivity index (χ4v) is 4.84. The molecule has 0 aliphatic rings. The summed E-state index contributed by atoms with van der Waals surface area (Å²) < 4.78 is 38.0. The predicted octanol–water partition coefficient (Wildman–Crippen LogP) is 5.66. The summed E-state index contributed by atoms with van der Waals surface area (Å²) in [5, 5.41) is 4.28. The average Bonchev–Trinajstić information content (AvgIpc) is 3.27. The highest BCUT2D eigenvalue weighted by molar-refractivity contribution is 7.86. The molecule has 0 radical (unpaired) electrons. The van der Waals surface area contributed by atoms with Gasteiger partial charge < -0.3 is 9.30 Å². The molecular formula is C27H24N2O4S. The maximum absolute atomic E-state index is 12.5. The molecule has 2 heterocycles. The van der Waals surface area contributed by atoms with Gasteiger partial charge in [-0.1, -0.05) is 48.0 Å². The van der Waals surface area contributed by atoms with Crippen molar-refractivity contribution in [3.63, 3.8) is 0 Å². The second-order valence-electron chi connectivity index (χ2n) is 8.33. The van der Waals surface area contributed by atoms with Gasteiger partial charge in [0, 0.05) is 24.0 Å². The van der Waals surface area contributed by atoms with Gasteiger partial charge >= 0.3 is 0 Å². The topological polar surface area (TPSA) is 70.4 Å². The summed E-state index contributed by atoms with van der Waals surface area (Å²) in [5.41, 5.74) is 0.982. The molecule has 172 valence electrons. The molecule has 6 nitrogen and oxygen atoms in total. The minimum atomic E-state index is -3.85. The van der Waals surface area contributed by atoms with Crippen LogP contribution in [0.1, 0.15) is 12.5 Å². The highest BCUT2D eigenvalue weighted by Crippen LogP contribution is 2.24. The standard InChI is InChI=1S/C27H24N2O4S/c1-19-7-11-26(12-8-19)34(30,31)33-20(2)18-32-25-10-9-21-14-27(28-15-24(21)13-25)29-16-22-5-3-4-6-23(22)17-29/h3-17,20H,18H2,1-2H3. The maximum atomic E-state index is 12.5. The Morgan fingerprint density at radius 1 is 0.882 bits per heavy atom. The zero-order valence-corrected chi connectivity index (χ0v) is 19.7. The summed E-state index contributed by atoms with van der Waals surface area (Å²) in [5.74, 6) is 1.46. The number of nitrogens with zero attached hydrogens (tertiary/aromatic N) is 2. The van der Waals surface area contributed by atoms with E-state index < -0.39 is 16.2 Å². The van der Waals surface area contributed by atoms with Gasteiger partial charge in [0.15, 0.2) is 0 Å². The van der Waals surface area contributed by atoms with Crippen LogP contribution in [-0.2, 0) is 14.3 Å². The molecule has 1 unspecified atom stereocenters. The van der Waals surface area contributed by atoms with Gasteiger partial charge in [-0.15, -0.1) is 0 Å². The molecule has 0 saturated heterocycles. The molecule has 0 N–H and O–H groups in total. The van der Waals surface area contributed by atoms with Crippen molar-refractivity contribution in [1.82, 2.24) is 9.55 Å². The van der Waals surface area contributed by atoms with Gasteiger partial charge in [0.2, 0.25) is 0 Å². The van der Waals surface area contributed by atoms with E-state index in [1.807, 2.05) is 54.1 Å². The summed E-state index contributed by atoms with van der Waals surface area (Å²) in [7, 11) is -3.85. The Bertz CT molecular complexity index is 1540. The Hall–Kier alpha value is -3.68. The fraction of sp³-hybridized carbons (Fsp3) is 0.148. The molecule has 34 heavy (non-hydrogen) atoms. The first-order valence-corrected chi connectivity index (χ1v) is 12.4. The van der Waals surface area contributed by atoms with Crippen LogP contribution >= 0.6 is 0 Å². The van der Waals surface area contributed by atoms with Gasteiger partial charge in [-0.05, 0) is 60.3 Å². The van der Waals surface area contributed by atoms with E-state index in [0.29, 0.717) is 5.75 Å². The molecule has 0 amide bonds. The molecule has 0 fully saturated rings. The number of rotatable bonds is 7. The van der Waals surface area contributed by atoms with E-state index >= 15 is 0 Å². The highest BCUT2D eigenvalue weighted by Gasteiger charge is 2.19. The molecule has 3 aromatic carbocycles. The molecule has 0 aliphatic heterocycles. The van der Waals surface area contributed by atoms with Crippen molar-refractivity contribution in [3.05, 3.63) is 97.0 Å². The second-order valence-corrected chi connectivity index (χ2v) is 9.90. The van der Waals surface area contributed by atoms with Crippen LogP contribution in [0.4, 0.5) is 0 Å². The smallest absolute Gasteiger partial charge is 0.297 e. The Kier molecular flexibility index (Phi) is 5.81. The molecule has 0 saturated carbocycles. The average molecular weight is 473 g/mol. The summed E-state index contributed by atoms with van der Waals surface area (Å²) in [6.07, 6.45) is 5.29. The van der Waals surface area contributed by atoms with Crippen molar-refractivity contribution in [1.29, 1.82) is 0 Å². The van der Waals surface area contributed by atoms with E-state index in [4.69, 9.17) is 8.92 Å². The molecule has 7 heteroatoms. The van der Waals surface area contributed by atoms with Crippen LogP contribution in [-0.4, -0.2) is 30.7 Å². The van der Waals surface area contributed by atoms with Gasteiger partial charge in [0.1, 0.15) is 24.3 Å². The van der Waals surface area contributed by atoms with Gasteiger partial charge in [-0.25, -0.2) is 4.98 Å². The number of pyridine rings is 1. The van der Waals surface area contributed by atoms with Gasteiger partial charge in [0.05, 0.1) is 4.90 Å². The van der Waals surface area contributed by atoms with Crippen LogP contribution < -0.4 is 4.74 Å². The third kappa shape index (κ3) is 4.66. The van der Waals surface area contributed by atoms with E-state index in [1.54, 1.807) is 31.2 Å². The maximum Gasteiger partial charge on any atom is 0.297 e. The Morgan fingerprint density at radius 3 is 2.29 bits per heavy atom. The van der Waals surface area contributed by atoms with Crippen LogP contribution in [0.15, 0.2) is 96.3 Å². The SMILES string of the molecule is Cc1ccc(S(=O)(=O)OC(C)COc2ccc3cc(-n4cc5ccccc5c4)ncc3c2)cc1. The lowest BCUT2D eigenvalue weighted by Crippen LogP contribution is -2.22. The summed E-state index contributed by atoms with van der Waals surface area (Å²) >= 11 is 0. The Labute approximate surface area is 198 Å². The molecular weight excluding hydrogens is 448 g/mol. The molecule has 2 aromatic heterocycles. The summed E-state index contributed by atoms with van der Waals surface area (Å²) in [6, 6.07) is 22.5. The Balaban J connectivity index is 1.27. The van der Waals surface area contributed by atoms with Crippen molar-refractivity contribution in [2.75, 3.05) is 6.61 Å². The molecule has 5 rings (SSSR count). The molecule has 5 aromatic rings. The van der Waals surface area contributed by atoms with Crippen LogP contribution in [0, 0.1) is 6.92 Å². The zero-order chi connectivity index (χ0) is 23.7. The van der Waals surface area contributed by atoms with Crippen molar-refractivity contribution in [2.24, 2.45) is 0 Å². The van der Waals surface area contributed by atoms with Crippen LogP contribution in [0.25, 0.3) is 27.4 Å². The molecule has 0 bridgehead atoms. The first kappa shape index (κ1) is 22.1. The lowest BCUT2D eigenvalue weighted by molar-refractivity contribution is 0.149. The van der Waals surface area contributed by atoms with Crippen LogP contribution in [0.2, 0.25) is 0 Å². The summed E-state index contributed by atoms with van der Waals surface area (Å²) in [6.45, 7) is 3.66. The first-order valence-electron chi connectivity index (χ1n) is 11.0. The minimum Gasteiger partial charge on any atom is -0.491 e. The van der Waals surface area contributed by atoms with Crippen LogP contribution in [0.5, 0.6) is 5.75 Å². The Morgan fingerprint density at radius 2 is 1.59 bits per heavy atom. The monoisotopic (exact) mass is 472 g/mol. The quantitative estimate of drug-likeness (QED) is 0.286. The second kappa shape index (κ2) is 8.93. The molecule has 1 atom stereocenters. The van der Waals surface area contributed by atoms with E-state index in [0.717, 1.165) is 32.9 Å². The number of hydrogen-bond donors (Lipinski definition) is 0. The first-order chi connectivity index (χ1) is 16.4. The van der Waals surface area contributed by atoms with E-state index in [9.17, 15) is 8.42 Å². The van der Waals surface area contributed by atoms with Gasteiger partial charge in [-0.2, -0.15) is 8.42 Å². The van der Waals surface area contributed by atoms with Crippen LogP contribution in [0.3, 0.4) is 0 Å². The third-order valence-electron chi connectivity index (χ3n) is 5.58. The third-order valence-corrected chi connectivity index (χ3v) is 7.01. The van der Waals surface area contributed by atoms with Gasteiger partial charge in [0.25, 0.3) is 10.1 Å². The van der Waals surface area contributed by atoms with Crippen molar-refractivity contribution in [3.8, 4) is 11.6 Å². The molecule has 0 spiro atoms. The summed E-state index contributed by atoms with van der Waals surface area (Å²) in [4.78, 5) is 4.73. The molecule has 0 aliphatic carbocycles. The van der Waals surface area contributed by atoms with E-state index in [2.05, 4.69) is 29.5 Å². The zero-order valence-electron chi connectivity index (χ0n) is 18.9. The fourth-order valence-electron chi connectivity index (χ4n) is 3.77. The van der Waals surface area contributed by atoms with Crippen molar-refractivity contribution >= 4 is 31.7 Å². The number of aryl methyl sites for hydroxylation is 1. The highest BCUT2D eigenvalue weighted by atomic mass is 32.2. The number of benzene rings is 3. The number of ether oxygens (including phenoxy) is 1. The predicted molar refractivity (Wildman–Crippen MR) is 133 cm³/mol. The minimum absolute atomic E-state index is 0.0953. The number of hydrogen-bond acceptors (Lipinski definition) is 5. The van der Waals surface area contributed by atoms with Gasteiger partial charge in [-0.3, -0.25) is 4.18 Å².